The van der Waals surface area contributed by atoms with Crippen LogP contribution in [0.1, 0.15) is 25.0 Å². The van der Waals surface area contributed by atoms with E-state index >= 15 is 0 Å². The highest BCUT2D eigenvalue weighted by molar-refractivity contribution is 5.83. The number of ether oxygens (including phenoxy) is 1. The lowest BCUT2D eigenvalue weighted by Crippen LogP contribution is -2.18. The van der Waals surface area contributed by atoms with Gasteiger partial charge in [-0.1, -0.05) is 29.8 Å². The minimum absolute atomic E-state index is 0.286. The van der Waals surface area contributed by atoms with E-state index in [1.165, 1.54) is 5.56 Å². The lowest BCUT2D eigenvalue weighted by molar-refractivity contribution is -0.144. The van der Waals surface area contributed by atoms with Crippen LogP contribution in [0.25, 0.3) is 0 Å². The van der Waals surface area contributed by atoms with Crippen LogP contribution in [0.2, 0.25) is 0 Å². The molecule has 1 atom stereocenters. The molecule has 1 rings (SSSR count). The standard InChI is InChI=1S/C13H17NO2/c1-4-16-13(15)11(3)14-9-12-7-5-10(2)6-8-12/h5-9,11H,4H2,1-3H3. The zero-order valence-electron chi connectivity index (χ0n) is 9.93. The van der Waals surface area contributed by atoms with Crippen molar-refractivity contribution < 1.29 is 9.53 Å². The Morgan fingerprint density at radius 2 is 2.06 bits per heavy atom. The van der Waals surface area contributed by atoms with E-state index in [1.54, 1.807) is 20.1 Å². The van der Waals surface area contributed by atoms with Crippen LogP contribution in [-0.2, 0) is 9.53 Å². The van der Waals surface area contributed by atoms with Crippen molar-refractivity contribution in [2.24, 2.45) is 4.99 Å². The van der Waals surface area contributed by atoms with Crippen LogP contribution in [-0.4, -0.2) is 24.8 Å². The minimum Gasteiger partial charge on any atom is -0.464 e. The molecule has 0 amide bonds. The number of hydrogen-bond acceptors (Lipinski definition) is 3. The zero-order valence-corrected chi connectivity index (χ0v) is 9.93. The van der Waals surface area contributed by atoms with E-state index in [-0.39, 0.29) is 5.97 Å². The molecule has 0 aliphatic carbocycles. The average molecular weight is 219 g/mol. The number of esters is 1. The highest BCUT2D eigenvalue weighted by Crippen LogP contribution is 2.01. The molecule has 0 spiro atoms. The molecule has 0 aliphatic rings. The summed E-state index contributed by atoms with van der Waals surface area (Å²) in [6.07, 6.45) is 1.70. The minimum atomic E-state index is -0.443. The quantitative estimate of drug-likeness (QED) is 0.576. The molecular weight excluding hydrogens is 202 g/mol. The van der Waals surface area contributed by atoms with Crippen molar-refractivity contribution in [3.8, 4) is 0 Å². The molecule has 1 unspecified atom stereocenters. The first kappa shape index (κ1) is 12.4. The van der Waals surface area contributed by atoms with Gasteiger partial charge in [-0.3, -0.25) is 4.99 Å². The van der Waals surface area contributed by atoms with Gasteiger partial charge < -0.3 is 4.74 Å². The Balaban J connectivity index is 2.59. The van der Waals surface area contributed by atoms with Gasteiger partial charge in [-0.2, -0.15) is 0 Å². The normalized spacial score (nSPS) is 12.7. The molecule has 0 fully saturated rings. The van der Waals surface area contributed by atoms with Crippen LogP contribution >= 0.6 is 0 Å². The van der Waals surface area contributed by atoms with Crippen LogP contribution in [0, 0.1) is 6.92 Å². The summed E-state index contributed by atoms with van der Waals surface area (Å²) >= 11 is 0. The third-order valence-corrected chi connectivity index (χ3v) is 2.15. The number of aliphatic imine (C=N–C) groups is 1. The maximum atomic E-state index is 11.3. The van der Waals surface area contributed by atoms with Crippen LogP contribution in [0.5, 0.6) is 0 Å². The number of rotatable bonds is 4. The number of aryl methyl sites for hydroxylation is 1. The van der Waals surface area contributed by atoms with Gasteiger partial charge in [-0.05, 0) is 26.3 Å². The second kappa shape index (κ2) is 6.05. The molecule has 1 aromatic rings. The zero-order chi connectivity index (χ0) is 12.0. The molecule has 3 nitrogen and oxygen atoms in total. The molecule has 86 valence electrons. The molecule has 0 N–H and O–H groups in total. The van der Waals surface area contributed by atoms with Gasteiger partial charge in [0.05, 0.1) is 6.61 Å². The first-order chi connectivity index (χ1) is 7.63. The molecule has 1 aromatic carbocycles. The summed E-state index contributed by atoms with van der Waals surface area (Å²) in [6, 6.07) is 7.52. The Hall–Kier alpha value is -1.64. The fraction of sp³-hybridized carbons (Fsp3) is 0.385. The third-order valence-electron chi connectivity index (χ3n) is 2.15. The lowest BCUT2D eigenvalue weighted by atomic mass is 10.2. The van der Waals surface area contributed by atoms with Gasteiger partial charge in [0.15, 0.2) is 0 Å². The third kappa shape index (κ3) is 3.85. The van der Waals surface area contributed by atoms with Crippen LogP contribution in [0.4, 0.5) is 0 Å². The van der Waals surface area contributed by atoms with Crippen molar-refractivity contribution in [2.75, 3.05) is 6.61 Å². The van der Waals surface area contributed by atoms with Gasteiger partial charge in [0.25, 0.3) is 0 Å². The smallest absolute Gasteiger partial charge is 0.330 e. The Morgan fingerprint density at radius 1 is 1.44 bits per heavy atom. The molecule has 0 saturated heterocycles. The predicted molar refractivity (Wildman–Crippen MR) is 64.9 cm³/mol. The SMILES string of the molecule is CCOC(=O)C(C)N=Cc1ccc(C)cc1. The Bertz CT molecular complexity index is 368. The summed E-state index contributed by atoms with van der Waals surface area (Å²) in [5, 5.41) is 0. The van der Waals surface area contributed by atoms with Crippen LogP contribution in [0.15, 0.2) is 29.3 Å². The molecule has 16 heavy (non-hydrogen) atoms. The summed E-state index contributed by atoms with van der Waals surface area (Å²) in [4.78, 5) is 15.4. The van der Waals surface area contributed by atoms with E-state index in [0.29, 0.717) is 6.61 Å². The maximum absolute atomic E-state index is 11.3. The van der Waals surface area contributed by atoms with Crippen molar-refractivity contribution in [3.05, 3.63) is 35.4 Å². The summed E-state index contributed by atoms with van der Waals surface area (Å²) in [7, 11) is 0. The number of hydrogen-bond donors (Lipinski definition) is 0. The molecule has 0 radical (unpaired) electrons. The first-order valence-corrected chi connectivity index (χ1v) is 5.40. The van der Waals surface area contributed by atoms with E-state index in [2.05, 4.69) is 4.99 Å². The Kier molecular flexibility index (Phi) is 4.70. The highest BCUT2D eigenvalue weighted by Gasteiger charge is 2.10. The molecule has 3 heteroatoms. The van der Waals surface area contributed by atoms with Gasteiger partial charge in [-0.25, -0.2) is 4.79 Å². The van der Waals surface area contributed by atoms with E-state index < -0.39 is 6.04 Å². The summed E-state index contributed by atoms with van der Waals surface area (Å²) < 4.78 is 4.86. The summed E-state index contributed by atoms with van der Waals surface area (Å²) in [5.41, 5.74) is 2.19. The van der Waals surface area contributed by atoms with E-state index in [9.17, 15) is 4.79 Å². The number of carbonyl (C=O) groups is 1. The van der Waals surface area contributed by atoms with Crippen molar-refractivity contribution in [2.45, 2.75) is 26.8 Å². The molecule has 0 saturated carbocycles. The van der Waals surface area contributed by atoms with Gasteiger partial charge >= 0.3 is 5.97 Å². The van der Waals surface area contributed by atoms with E-state index in [4.69, 9.17) is 4.74 Å². The second-order valence-corrected chi connectivity index (χ2v) is 3.62. The number of nitrogens with zero attached hydrogens (tertiary/aromatic N) is 1. The molecule has 0 bridgehead atoms. The average Bonchev–Trinajstić information content (AvgIpc) is 2.28. The summed E-state index contributed by atoms with van der Waals surface area (Å²) in [6.45, 7) is 5.93. The van der Waals surface area contributed by atoms with Crippen LogP contribution < -0.4 is 0 Å². The number of benzene rings is 1. The van der Waals surface area contributed by atoms with E-state index in [0.717, 1.165) is 5.56 Å². The monoisotopic (exact) mass is 219 g/mol. The van der Waals surface area contributed by atoms with Crippen molar-refractivity contribution in [3.63, 3.8) is 0 Å². The molecular formula is C13H17NO2. The number of carbonyl (C=O) groups excluding carboxylic acids is 1. The summed E-state index contributed by atoms with van der Waals surface area (Å²) in [5.74, 6) is -0.286. The van der Waals surface area contributed by atoms with Gasteiger partial charge in [0, 0.05) is 6.21 Å². The highest BCUT2D eigenvalue weighted by atomic mass is 16.5. The fourth-order valence-corrected chi connectivity index (χ4v) is 1.17. The maximum Gasteiger partial charge on any atom is 0.330 e. The van der Waals surface area contributed by atoms with Crippen molar-refractivity contribution in [1.82, 2.24) is 0 Å². The van der Waals surface area contributed by atoms with Crippen molar-refractivity contribution >= 4 is 12.2 Å². The van der Waals surface area contributed by atoms with Gasteiger partial charge in [-0.15, -0.1) is 0 Å². The second-order valence-electron chi connectivity index (χ2n) is 3.62. The van der Waals surface area contributed by atoms with Crippen LogP contribution in [0.3, 0.4) is 0 Å². The fourth-order valence-electron chi connectivity index (χ4n) is 1.17. The van der Waals surface area contributed by atoms with Gasteiger partial charge in [0.1, 0.15) is 6.04 Å². The molecule has 0 heterocycles. The van der Waals surface area contributed by atoms with E-state index in [1.807, 2.05) is 31.2 Å². The Morgan fingerprint density at radius 3 is 2.62 bits per heavy atom. The molecule has 0 aliphatic heterocycles. The largest absolute Gasteiger partial charge is 0.464 e. The lowest BCUT2D eigenvalue weighted by Gasteiger charge is -2.04. The molecule has 0 aromatic heterocycles. The Labute approximate surface area is 96.2 Å². The van der Waals surface area contributed by atoms with Gasteiger partial charge in [0.2, 0.25) is 0 Å². The topological polar surface area (TPSA) is 38.7 Å². The first-order valence-electron chi connectivity index (χ1n) is 5.40. The van der Waals surface area contributed by atoms with Crippen molar-refractivity contribution in [1.29, 1.82) is 0 Å². The predicted octanol–water partition coefficient (Wildman–Crippen LogP) is 2.37.